The molecule has 3 atom stereocenters. The van der Waals surface area contributed by atoms with Gasteiger partial charge >= 0.3 is 6.09 Å². The van der Waals surface area contributed by atoms with Gasteiger partial charge in [-0.2, -0.15) is 5.26 Å². The number of nitrogens with zero attached hydrogens (tertiary/aromatic N) is 2. The van der Waals surface area contributed by atoms with Gasteiger partial charge in [-0.05, 0) is 52.9 Å². The predicted molar refractivity (Wildman–Crippen MR) is 80.8 cm³/mol. The van der Waals surface area contributed by atoms with Crippen LogP contribution >= 0.6 is 0 Å². The average molecular weight is 307 g/mol. The molecule has 122 valence electrons. The molecule has 1 aliphatic carbocycles. The van der Waals surface area contributed by atoms with Gasteiger partial charge in [0.2, 0.25) is 5.91 Å². The van der Waals surface area contributed by atoms with E-state index in [9.17, 15) is 9.59 Å². The van der Waals surface area contributed by atoms with Crippen LogP contribution in [0.2, 0.25) is 0 Å². The van der Waals surface area contributed by atoms with Crippen molar-refractivity contribution in [3.05, 3.63) is 0 Å². The molecule has 1 saturated heterocycles. The molecule has 1 saturated carbocycles. The Morgan fingerprint density at radius 2 is 2.00 bits per heavy atom. The van der Waals surface area contributed by atoms with Crippen LogP contribution < -0.4 is 5.32 Å². The molecular formula is C16H25N3O3. The van der Waals surface area contributed by atoms with Crippen LogP contribution in [-0.2, 0) is 9.53 Å². The second-order valence-electron chi connectivity index (χ2n) is 7.17. The number of nitrogens with one attached hydrogen (secondary N) is 1. The molecule has 0 aromatic rings. The third-order valence-electron chi connectivity index (χ3n) is 4.19. The molecule has 0 spiro atoms. The normalized spacial score (nSPS) is 28.3. The second kappa shape index (κ2) is 6.55. The molecule has 0 bridgehead atoms. The first-order valence-electron chi connectivity index (χ1n) is 8.00. The molecule has 0 aromatic heterocycles. The van der Waals surface area contributed by atoms with E-state index in [0.29, 0.717) is 13.0 Å². The fourth-order valence-corrected chi connectivity index (χ4v) is 3.21. The van der Waals surface area contributed by atoms with Gasteiger partial charge in [-0.25, -0.2) is 4.79 Å². The fraction of sp³-hybridized carbons (Fsp3) is 0.812. The van der Waals surface area contributed by atoms with Crippen molar-refractivity contribution >= 4 is 12.0 Å². The van der Waals surface area contributed by atoms with E-state index in [1.807, 2.05) is 20.8 Å². The molecule has 22 heavy (non-hydrogen) atoms. The number of alkyl carbamates (subject to hydrolysis) is 1. The predicted octanol–water partition coefficient (Wildman–Crippen LogP) is 2.19. The fourth-order valence-electron chi connectivity index (χ4n) is 3.21. The van der Waals surface area contributed by atoms with E-state index < -0.39 is 11.7 Å². The number of ether oxygens (including phenoxy) is 1. The number of nitriles is 1. The van der Waals surface area contributed by atoms with Crippen molar-refractivity contribution in [2.45, 2.75) is 70.6 Å². The topological polar surface area (TPSA) is 82.4 Å². The highest BCUT2D eigenvalue weighted by atomic mass is 16.6. The smallest absolute Gasteiger partial charge is 0.407 e. The van der Waals surface area contributed by atoms with Crippen molar-refractivity contribution in [1.29, 1.82) is 5.26 Å². The van der Waals surface area contributed by atoms with E-state index in [-0.39, 0.29) is 23.9 Å². The monoisotopic (exact) mass is 307 g/mol. The summed E-state index contributed by atoms with van der Waals surface area (Å²) >= 11 is 0. The summed E-state index contributed by atoms with van der Waals surface area (Å²) in [4.78, 5) is 26.0. The summed E-state index contributed by atoms with van der Waals surface area (Å²) in [7, 11) is 0. The Morgan fingerprint density at radius 3 is 2.64 bits per heavy atom. The minimum Gasteiger partial charge on any atom is -0.444 e. The van der Waals surface area contributed by atoms with E-state index in [0.717, 1.165) is 25.7 Å². The van der Waals surface area contributed by atoms with Crippen LogP contribution in [0.15, 0.2) is 0 Å². The Morgan fingerprint density at radius 1 is 1.27 bits per heavy atom. The molecule has 2 rings (SSSR count). The van der Waals surface area contributed by atoms with E-state index in [2.05, 4.69) is 11.4 Å². The number of rotatable bonds is 2. The zero-order chi connectivity index (χ0) is 16.3. The molecule has 0 radical (unpaired) electrons. The summed E-state index contributed by atoms with van der Waals surface area (Å²) in [6, 6.07) is 1.91. The maximum absolute atomic E-state index is 12.5. The molecule has 2 fully saturated rings. The number of amides is 2. The highest BCUT2D eigenvalue weighted by Gasteiger charge is 2.37. The molecule has 6 nitrogen and oxygen atoms in total. The zero-order valence-corrected chi connectivity index (χ0v) is 13.6. The third-order valence-corrected chi connectivity index (χ3v) is 4.19. The highest BCUT2D eigenvalue weighted by molar-refractivity contribution is 5.80. The van der Waals surface area contributed by atoms with Crippen LogP contribution in [0.25, 0.3) is 0 Å². The number of likely N-dealkylation sites (tertiary alicyclic amines) is 1. The van der Waals surface area contributed by atoms with Gasteiger partial charge in [-0.1, -0.05) is 0 Å². The molecule has 6 heteroatoms. The lowest BCUT2D eigenvalue weighted by Gasteiger charge is -2.24. The maximum atomic E-state index is 12.5. The number of carbonyl (C=O) groups excluding carboxylic acids is 2. The Kier molecular flexibility index (Phi) is 4.94. The molecule has 2 aliphatic rings. The van der Waals surface area contributed by atoms with Gasteiger partial charge in [-0.15, -0.1) is 0 Å². The standard InChI is InChI=1S/C16H25N3O3/c1-16(2,3)22-15(21)18-12-7-6-11(9-12)14(20)19-8-4-5-13(19)10-17/h11-13H,4-9H2,1-3H3,(H,18,21). The summed E-state index contributed by atoms with van der Waals surface area (Å²) in [6.45, 7) is 6.15. The van der Waals surface area contributed by atoms with Crippen LogP contribution in [0.3, 0.4) is 0 Å². The van der Waals surface area contributed by atoms with Gasteiger partial charge in [-0.3, -0.25) is 4.79 Å². The molecular weight excluding hydrogens is 282 g/mol. The van der Waals surface area contributed by atoms with E-state index >= 15 is 0 Å². The van der Waals surface area contributed by atoms with Crippen molar-refractivity contribution in [3.63, 3.8) is 0 Å². The summed E-state index contributed by atoms with van der Waals surface area (Å²) in [6.07, 6.45) is 3.41. The Bertz CT molecular complexity index is 478. The number of carbonyl (C=O) groups is 2. The number of hydrogen-bond acceptors (Lipinski definition) is 4. The Balaban J connectivity index is 1.84. The largest absolute Gasteiger partial charge is 0.444 e. The first-order chi connectivity index (χ1) is 10.3. The molecule has 3 unspecified atom stereocenters. The van der Waals surface area contributed by atoms with Gasteiger partial charge in [0.1, 0.15) is 11.6 Å². The molecule has 2 amide bonds. The summed E-state index contributed by atoms with van der Waals surface area (Å²) in [5.41, 5.74) is -0.520. The Hall–Kier alpha value is -1.77. The number of hydrogen-bond donors (Lipinski definition) is 1. The highest BCUT2D eigenvalue weighted by Crippen LogP contribution is 2.30. The van der Waals surface area contributed by atoms with Crippen LogP contribution in [-0.4, -0.2) is 41.1 Å². The summed E-state index contributed by atoms with van der Waals surface area (Å²) in [5.74, 6) is -0.0218. The lowest BCUT2D eigenvalue weighted by molar-refractivity contribution is -0.135. The van der Waals surface area contributed by atoms with Crippen LogP contribution in [0.4, 0.5) is 4.79 Å². The lowest BCUT2D eigenvalue weighted by atomic mass is 10.1. The van der Waals surface area contributed by atoms with Crippen molar-refractivity contribution < 1.29 is 14.3 Å². The molecule has 0 aromatic carbocycles. The van der Waals surface area contributed by atoms with Gasteiger partial charge < -0.3 is 15.0 Å². The Labute approximate surface area is 131 Å². The zero-order valence-electron chi connectivity index (χ0n) is 13.6. The third kappa shape index (κ3) is 4.12. The second-order valence-corrected chi connectivity index (χ2v) is 7.17. The first kappa shape index (κ1) is 16.6. The van der Waals surface area contributed by atoms with Gasteiger partial charge in [0.05, 0.1) is 6.07 Å². The van der Waals surface area contributed by atoms with Crippen LogP contribution in [0, 0.1) is 17.2 Å². The van der Waals surface area contributed by atoms with Crippen LogP contribution in [0.5, 0.6) is 0 Å². The maximum Gasteiger partial charge on any atom is 0.407 e. The molecule has 1 heterocycles. The van der Waals surface area contributed by atoms with E-state index in [4.69, 9.17) is 10.00 Å². The minimum atomic E-state index is -0.520. The molecule has 1 aliphatic heterocycles. The van der Waals surface area contributed by atoms with E-state index in [1.54, 1.807) is 4.90 Å². The first-order valence-corrected chi connectivity index (χ1v) is 8.00. The van der Waals surface area contributed by atoms with Crippen molar-refractivity contribution in [2.75, 3.05) is 6.54 Å². The van der Waals surface area contributed by atoms with Crippen molar-refractivity contribution in [1.82, 2.24) is 10.2 Å². The lowest BCUT2D eigenvalue weighted by Crippen LogP contribution is -2.40. The summed E-state index contributed by atoms with van der Waals surface area (Å²) < 4.78 is 5.24. The van der Waals surface area contributed by atoms with Crippen LogP contribution in [0.1, 0.15) is 52.9 Å². The SMILES string of the molecule is CC(C)(C)OC(=O)NC1CCC(C(=O)N2CCCC2C#N)C1. The average Bonchev–Trinajstić information content (AvgIpc) is 3.03. The summed E-state index contributed by atoms with van der Waals surface area (Å²) in [5, 5.41) is 11.9. The van der Waals surface area contributed by atoms with Crippen molar-refractivity contribution in [3.8, 4) is 6.07 Å². The minimum absolute atomic E-state index is 0.0214. The van der Waals surface area contributed by atoms with Gasteiger partial charge in [0, 0.05) is 18.5 Å². The molecule has 1 N–H and O–H groups in total. The van der Waals surface area contributed by atoms with Crippen molar-refractivity contribution in [2.24, 2.45) is 5.92 Å². The van der Waals surface area contributed by atoms with Gasteiger partial charge in [0.15, 0.2) is 0 Å². The quantitative estimate of drug-likeness (QED) is 0.847. The van der Waals surface area contributed by atoms with Gasteiger partial charge in [0.25, 0.3) is 0 Å². The van der Waals surface area contributed by atoms with E-state index in [1.165, 1.54) is 0 Å².